The average Bonchev–Trinajstić information content (AvgIpc) is 3.21. The van der Waals surface area contributed by atoms with Crippen molar-refractivity contribution >= 4 is 5.91 Å². The van der Waals surface area contributed by atoms with E-state index in [1.807, 2.05) is 32.6 Å². The number of carbonyl (C=O) groups is 1. The van der Waals surface area contributed by atoms with E-state index in [-0.39, 0.29) is 17.9 Å². The summed E-state index contributed by atoms with van der Waals surface area (Å²) in [6.45, 7) is 8.43. The number of aromatic nitrogens is 3. The largest absolute Gasteiger partial charge is 0.361 e. The number of likely N-dealkylation sites (tertiary alicyclic amines) is 1. The number of carbonyl (C=O) groups excluding carboxylic acids is 1. The summed E-state index contributed by atoms with van der Waals surface area (Å²) in [4.78, 5) is 19.0. The van der Waals surface area contributed by atoms with Crippen molar-refractivity contribution in [3.8, 4) is 0 Å². The summed E-state index contributed by atoms with van der Waals surface area (Å²) < 4.78 is 10.5. The van der Waals surface area contributed by atoms with Gasteiger partial charge in [-0.1, -0.05) is 24.2 Å². The van der Waals surface area contributed by atoms with E-state index in [9.17, 15) is 4.79 Å². The monoisotopic (exact) mass is 318 g/mol. The van der Waals surface area contributed by atoms with E-state index in [1.165, 1.54) is 0 Å². The third-order valence-corrected chi connectivity index (χ3v) is 4.34. The SMILES string of the molecule is Cc1noc(C)c1CC(=O)N1CCCC1c1nc(C(C)C)no1. The zero-order chi connectivity index (χ0) is 16.6. The van der Waals surface area contributed by atoms with Gasteiger partial charge in [-0.2, -0.15) is 4.98 Å². The van der Waals surface area contributed by atoms with Crippen LogP contribution < -0.4 is 0 Å². The van der Waals surface area contributed by atoms with Gasteiger partial charge in [-0.05, 0) is 26.7 Å². The first kappa shape index (κ1) is 15.7. The lowest BCUT2D eigenvalue weighted by Crippen LogP contribution is -2.32. The van der Waals surface area contributed by atoms with Crippen LogP contribution in [0.3, 0.4) is 0 Å². The first-order valence-electron chi connectivity index (χ1n) is 8.02. The first-order chi connectivity index (χ1) is 11.0. The molecule has 1 fully saturated rings. The quantitative estimate of drug-likeness (QED) is 0.861. The summed E-state index contributed by atoms with van der Waals surface area (Å²) >= 11 is 0. The number of rotatable bonds is 4. The van der Waals surface area contributed by atoms with Crippen LogP contribution in [0, 0.1) is 13.8 Å². The molecular formula is C16H22N4O3. The Morgan fingerprint density at radius 3 is 2.70 bits per heavy atom. The van der Waals surface area contributed by atoms with Crippen LogP contribution in [0.5, 0.6) is 0 Å². The maximum absolute atomic E-state index is 12.7. The minimum absolute atomic E-state index is 0.0474. The van der Waals surface area contributed by atoms with Crippen molar-refractivity contribution in [3.63, 3.8) is 0 Å². The highest BCUT2D eigenvalue weighted by Gasteiger charge is 2.34. The second-order valence-electron chi connectivity index (χ2n) is 6.37. The minimum Gasteiger partial charge on any atom is -0.361 e. The molecule has 2 aromatic heterocycles. The zero-order valence-corrected chi connectivity index (χ0v) is 14.0. The van der Waals surface area contributed by atoms with Crippen LogP contribution in [0.2, 0.25) is 0 Å². The molecule has 0 saturated carbocycles. The Labute approximate surface area is 135 Å². The Morgan fingerprint density at radius 2 is 2.09 bits per heavy atom. The summed E-state index contributed by atoms with van der Waals surface area (Å²) in [5, 5.41) is 7.92. The van der Waals surface area contributed by atoms with Crippen LogP contribution in [0.25, 0.3) is 0 Å². The number of hydrogen-bond acceptors (Lipinski definition) is 6. The first-order valence-corrected chi connectivity index (χ1v) is 8.02. The molecular weight excluding hydrogens is 296 g/mol. The van der Waals surface area contributed by atoms with Crippen molar-refractivity contribution in [1.82, 2.24) is 20.2 Å². The molecule has 0 spiro atoms. The second kappa shape index (κ2) is 6.14. The Kier molecular flexibility index (Phi) is 4.19. The Morgan fingerprint density at radius 1 is 1.30 bits per heavy atom. The molecule has 1 unspecified atom stereocenters. The predicted octanol–water partition coefficient (Wildman–Crippen LogP) is 2.70. The molecule has 7 heteroatoms. The van der Waals surface area contributed by atoms with Crippen LogP contribution in [0.1, 0.15) is 67.4 Å². The number of hydrogen-bond donors (Lipinski definition) is 0. The molecule has 23 heavy (non-hydrogen) atoms. The van der Waals surface area contributed by atoms with Gasteiger partial charge in [0.15, 0.2) is 5.82 Å². The topological polar surface area (TPSA) is 85.3 Å². The van der Waals surface area contributed by atoms with Crippen LogP contribution in [0.4, 0.5) is 0 Å². The van der Waals surface area contributed by atoms with Crippen LogP contribution >= 0.6 is 0 Å². The molecule has 3 rings (SSSR count). The fourth-order valence-corrected chi connectivity index (χ4v) is 2.95. The fraction of sp³-hybridized carbons (Fsp3) is 0.625. The van der Waals surface area contributed by atoms with Gasteiger partial charge in [0.2, 0.25) is 11.8 Å². The van der Waals surface area contributed by atoms with Gasteiger partial charge in [-0.25, -0.2) is 0 Å². The van der Waals surface area contributed by atoms with Crippen LogP contribution in [-0.2, 0) is 11.2 Å². The number of nitrogens with zero attached hydrogens (tertiary/aromatic N) is 4. The molecule has 1 aliphatic heterocycles. The van der Waals surface area contributed by atoms with Crippen molar-refractivity contribution in [2.24, 2.45) is 0 Å². The van der Waals surface area contributed by atoms with Crippen LogP contribution in [-0.4, -0.2) is 32.6 Å². The highest BCUT2D eigenvalue weighted by Crippen LogP contribution is 2.32. The highest BCUT2D eigenvalue weighted by atomic mass is 16.5. The summed E-state index contributed by atoms with van der Waals surface area (Å²) in [6.07, 6.45) is 2.09. The van der Waals surface area contributed by atoms with Gasteiger partial charge in [-0.3, -0.25) is 4.79 Å². The molecule has 3 heterocycles. The van der Waals surface area contributed by atoms with Crippen molar-refractivity contribution in [2.75, 3.05) is 6.54 Å². The summed E-state index contributed by atoms with van der Waals surface area (Å²) in [7, 11) is 0. The normalized spacial score (nSPS) is 18.1. The Bertz CT molecular complexity index is 684. The van der Waals surface area contributed by atoms with Gasteiger partial charge in [0, 0.05) is 18.0 Å². The summed E-state index contributed by atoms with van der Waals surface area (Å²) in [5.41, 5.74) is 1.64. The maximum atomic E-state index is 12.7. The molecule has 1 aliphatic rings. The van der Waals surface area contributed by atoms with E-state index in [1.54, 1.807) is 0 Å². The summed E-state index contributed by atoms with van der Waals surface area (Å²) in [5.74, 6) is 2.18. The molecule has 0 radical (unpaired) electrons. The lowest BCUT2D eigenvalue weighted by atomic mass is 10.1. The van der Waals surface area contributed by atoms with E-state index in [2.05, 4.69) is 15.3 Å². The molecule has 124 valence electrons. The smallest absolute Gasteiger partial charge is 0.249 e. The van der Waals surface area contributed by atoms with E-state index in [4.69, 9.17) is 9.05 Å². The average molecular weight is 318 g/mol. The zero-order valence-electron chi connectivity index (χ0n) is 14.0. The molecule has 1 saturated heterocycles. The number of amides is 1. The van der Waals surface area contributed by atoms with Gasteiger partial charge in [-0.15, -0.1) is 0 Å². The molecule has 2 aromatic rings. The van der Waals surface area contributed by atoms with E-state index < -0.39 is 0 Å². The molecule has 0 aromatic carbocycles. The summed E-state index contributed by atoms with van der Waals surface area (Å²) in [6, 6.07) is -0.122. The van der Waals surface area contributed by atoms with Gasteiger partial charge in [0.05, 0.1) is 12.1 Å². The highest BCUT2D eigenvalue weighted by molar-refractivity contribution is 5.79. The minimum atomic E-state index is -0.122. The maximum Gasteiger partial charge on any atom is 0.249 e. The standard InChI is InChI=1S/C16H22N4O3/c1-9(2)15-17-16(23-19-15)13-6-5-7-20(13)14(21)8-12-10(3)18-22-11(12)4/h9,13H,5-8H2,1-4H3. The molecule has 1 atom stereocenters. The second-order valence-corrected chi connectivity index (χ2v) is 6.37. The fourth-order valence-electron chi connectivity index (χ4n) is 2.95. The third-order valence-electron chi connectivity index (χ3n) is 4.34. The molecule has 0 N–H and O–H groups in total. The van der Waals surface area contributed by atoms with Gasteiger partial charge >= 0.3 is 0 Å². The van der Waals surface area contributed by atoms with Crippen molar-refractivity contribution < 1.29 is 13.8 Å². The van der Waals surface area contributed by atoms with E-state index in [0.717, 1.165) is 24.1 Å². The molecule has 0 bridgehead atoms. The molecule has 0 aliphatic carbocycles. The molecule has 1 amide bonds. The Balaban J connectivity index is 1.76. The number of aryl methyl sites for hydroxylation is 2. The predicted molar refractivity (Wildman–Crippen MR) is 81.8 cm³/mol. The van der Waals surface area contributed by atoms with Crippen molar-refractivity contribution in [2.45, 2.75) is 58.9 Å². The Hall–Kier alpha value is -2.18. The van der Waals surface area contributed by atoms with E-state index >= 15 is 0 Å². The lowest BCUT2D eigenvalue weighted by molar-refractivity contribution is -0.131. The van der Waals surface area contributed by atoms with Crippen molar-refractivity contribution in [1.29, 1.82) is 0 Å². The van der Waals surface area contributed by atoms with Gasteiger partial charge < -0.3 is 13.9 Å². The van der Waals surface area contributed by atoms with Crippen LogP contribution in [0.15, 0.2) is 9.05 Å². The third kappa shape index (κ3) is 3.00. The lowest BCUT2D eigenvalue weighted by Gasteiger charge is -2.21. The van der Waals surface area contributed by atoms with Gasteiger partial charge in [0.1, 0.15) is 11.8 Å². The van der Waals surface area contributed by atoms with Crippen molar-refractivity contribution in [3.05, 3.63) is 28.7 Å². The molecule has 7 nitrogen and oxygen atoms in total. The van der Waals surface area contributed by atoms with E-state index in [0.29, 0.717) is 30.4 Å². The van der Waals surface area contributed by atoms with Gasteiger partial charge in [0.25, 0.3) is 0 Å².